The van der Waals surface area contributed by atoms with Gasteiger partial charge in [-0.2, -0.15) is 0 Å². The molecule has 1 atom stereocenters. The number of aromatic nitrogens is 1. The molecule has 0 amide bonds. The van der Waals surface area contributed by atoms with E-state index in [4.69, 9.17) is 4.74 Å². The summed E-state index contributed by atoms with van der Waals surface area (Å²) in [7, 11) is 3.98. The van der Waals surface area contributed by atoms with Crippen molar-refractivity contribution in [3.8, 4) is 0 Å². The van der Waals surface area contributed by atoms with Gasteiger partial charge < -0.3 is 9.30 Å². The van der Waals surface area contributed by atoms with Gasteiger partial charge in [0.1, 0.15) is 0 Å². The first kappa shape index (κ1) is 11.3. The number of hydrogen-bond donors (Lipinski definition) is 0. The van der Waals surface area contributed by atoms with Crippen LogP contribution in [0.25, 0.3) is 10.9 Å². The summed E-state index contributed by atoms with van der Waals surface area (Å²) in [6.07, 6.45) is 3.69. The maximum atomic E-state index is 5.51. The maximum Gasteiger partial charge on any atom is 0.0616 e. The minimum Gasteiger partial charge on any atom is -0.381 e. The molecule has 0 saturated carbocycles. The first-order valence-electron chi connectivity index (χ1n) is 5.99. The normalized spacial score (nSPS) is 19.6. The average Bonchev–Trinajstić information content (AvgIpc) is 2.62. The highest BCUT2D eigenvalue weighted by Gasteiger charge is 2.23. The van der Waals surface area contributed by atoms with Gasteiger partial charge in [-0.15, -0.1) is 0 Å². The molecule has 2 aromatic rings. The number of methoxy groups -OCH3 is 1. The van der Waals surface area contributed by atoms with Crippen molar-refractivity contribution in [1.29, 1.82) is 0 Å². The molecule has 0 bridgehead atoms. The van der Waals surface area contributed by atoms with Crippen LogP contribution in [0.2, 0.25) is 0 Å². The molecule has 90 valence electrons. The van der Waals surface area contributed by atoms with Crippen molar-refractivity contribution in [3.05, 3.63) is 33.9 Å². The number of ether oxygens (including phenoxy) is 1. The topological polar surface area (TPSA) is 14.2 Å². The van der Waals surface area contributed by atoms with Crippen molar-refractivity contribution in [2.24, 2.45) is 7.05 Å². The van der Waals surface area contributed by atoms with Gasteiger partial charge in [0.25, 0.3) is 0 Å². The molecular formula is C14H16BrNO. The molecule has 1 aliphatic carbocycles. The van der Waals surface area contributed by atoms with Crippen molar-refractivity contribution in [3.63, 3.8) is 0 Å². The van der Waals surface area contributed by atoms with Gasteiger partial charge in [-0.1, -0.05) is 22.0 Å². The Balaban J connectivity index is 2.22. The Labute approximate surface area is 110 Å². The van der Waals surface area contributed by atoms with E-state index in [1.165, 1.54) is 22.2 Å². The van der Waals surface area contributed by atoms with E-state index < -0.39 is 0 Å². The van der Waals surface area contributed by atoms with Gasteiger partial charge in [-0.3, -0.25) is 0 Å². The summed E-state index contributed by atoms with van der Waals surface area (Å²) in [6, 6.07) is 6.55. The summed E-state index contributed by atoms with van der Waals surface area (Å²) >= 11 is 3.55. The van der Waals surface area contributed by atoms with Crippen LogP contribution in [-0.2, 0) is 24.6 Å². The summed E-state index contributed by atoms with van der Waals surface area (Å²) < 4.78 is 8.99. The summed E-state index contributed by atoms with van der Waals surface area (Å²) in [5, 5.41) is 1.38. The SMILES string of the molecule is COC1CCc2c(c3ccc(Br)cc3n2C)C1. The number of halogens is 1. The molecule has 0 N–H and O–H groups in total. The number of hydrogen-bond acceptors (Lipinski definition) is 1. The fourth-order valence-electron chi connectivity index (χ4n) is 2.92. The Morgan fingerprint density at radius 1 is 1.41 bits per heavy atom. The summed E-state index contributed by atoms with van der Waals surface area (Å²) in [6.45, 7) is 0. The van der Waals surface area contributed by atoms with Crippen LogP contribution in [-0.4, -0.2) is 17.8 Å². The monoisotopic (exact) mass is 293 g/mol. The minimum atomic E-state index is 0.386. The standard InChI is InChI=1S/C14H16BrNO/c1-16-13-6-4-10(17-2)8-12(13)11-5-3-9(15)7-14(11)16/h3,5,7,10H,4,6,8H2,1-2H3. The van der Waals surface area contributed by atoms with Gasteiger partial charge in [0.15, 0.2) is 0 Å². The molecule has 1 aromatic carbocycles. The molecule has 1 aromatic heterocycles. The maximum absolute atomic E-state index is 5.51. The van der Waals surface area contributed by atoms with E-state index in [0.29, 0.717) is 6.10 Å². The van der Waals surface area contributed by atoms with Gasteiger partial charge in [0.05, 0.1) is 6.10 Å². The van der Waals surface area contributed by atoms with Crippen LogP contribution in [0.3, 0.4) is 0 Å². The van der Waals surface area contributed by atoms with Crippen molar-refractivity contribution < 1.29 is 4.74 Å². The molecular weight excluding hydrogens is 278 g/mol. The average molecular weight is 294 g/mol. The first-order chi connectivity index (χ1) is 8.20. The van der Waals surface area contributed by atoms with E-state index >= 15 is 0 Å². The molecule has 17 heavy (non-hydrogen) atoms. The lowest BCUT2D eigenvalue weighted by Gasteiger charge is -2.22. The lowest BCUT2D eigenvalue weighted by Crippen LogP contribution is -2.21. The van der Waals surface area contributed by atoms with Gasteiger partial charge in [-0.05, 0) is 30.5 Å². The fraction of sp³-hybridized carbons (Fsp3) is 0.429. The van der Waals surface area contributed by atoms with E-state index in [1.54, 1.807) is 0 Å². The van der Waals surface area contributed by atoms with Crippen molar-refractivity contribution in [2.75, 3.05) is 7.11 Å². The van der Waals surface area contributed by atoms with Crippen molar-refractivity contribution >= 4 is 26.8 Å². The van der Waals surface area contributed by atoms with E-state index in [-0.39, 0.29) is 0 Å². The predicted octanol–water partition coefficient (Wildman–Crippen LogP) is 3.44. The van der Waals surface area contributed by atoms with Crippen LogP contribution < -0.4 is 0 Å². The fourth-order valence-corrected chi connectivity index (χ4v) is 3.26. The highest BCUT2D eigenvalue weighted by molar-refractivity contribution is 9.10. The molecule has 0 spiro atoms. The van der Waals surface area contributed by atoms with Crippen LogP contribution in [0.5, 0.6) is 0 Å². The molecule has 0 saturated heterocycles. The molecule has 2 nitrogen and oxygen atoms in total. The highest BCUT2D eigenvalue weighted by Crippen LogP contribution is 2.33. The number of rotatable bonds is 1. The van der Waals surface area contributed by atoms with Gasteiger partial charge in [0.2, 0.25) is 0 Å². The Hall–Kier alpha value is -0.800. The number of nitrogens with zero attached hydrogens (tertiary/aromatic N) is 1. The van der Waals surface area contributed by atoms with Crippen LogP contribution in [0.15, 0.2) is 22.7 Å². The second-order valence-corrected chi connectivity index (χ2v) is 5.66. The van der Waals surface area contributed by atoms with Crippen LogP contribution in [0, 0.1) is 0 Å². The third-order valence-corrected chi connectivity index (χ3v) is 4.36. The molecule has 0 aliphatic heterocycles. The molecule has 0 fully saturated rings. The summed E-state index contributed by atoms with van der Waals surface area (Å²) in [5.41, 5.74) is 4.28. The zero-order chi connectivity index (χ0) is 12.0. The van der Waals surface area contributed by atoms with Crippen LogP contribution in [0.4, 0.5) is 0 Å². The Morgan fingerprint density at radius 2 is 2.24 bits per heavy atom. The van der Waals surface area contributed by atoms with Gasteiger partial charge in [-0.25, -0.2) is 0 Å². The molecule has 0 radical (unpaired) electrons. The van der Waals surface area contributed by atoms with Gasteiger partial charge in [0, 0.05) is 41.6 Å². The van der Waals surface area contributed by atoms with E-state index in [0.717, 1.165) is 23.7 Å². The largest absolute Gasteiger partial charge is 0.381 e. The quantitative estimate of drug-likeness (QED) is 0.786. The second kappa shape index (κ2) is 4.14. The van der Waals surface area contributed by atoms with Crippen molar-refractivity contribution in [2.45, 2.75) is 25.4 Å². The molecule has 3 heteroatoms. The lowest BCUT2D eigenvalue weighted by molar-refractivity contribution is 0.0908. The molecule has 1 aliphatic rings. The number of aryl methyl sites for hydroxylation is 1. The number of fused-ring (bicyclic) bond motifs is 3. The zero-order valence-electron chi connectivity index (χ0n) is 10.2. The van der Waals surface area contributed by atoms with Gasteiger partial charge >= 0.3 is 0 Å². The summed E-state index contributed by atoms with van der Waals surface area (Å²) in [5.74, 6) is 0. The minimum absolute atomic E-state index is 0.386. The van der Waals surface area contributed by atoms with E-state index in [2.05, 4.69) is 45.7 Å². The predicted molar refractivity (Wildman–Crippen MR) is 73.4 cm³/mol. The van der Waals surface area contributed by atoms with E-state index in [9.17, 15) is 0 Å². The van der Waals surface area contributed by atoms with E-state index in [1.807, 2.05) is 7.11 Å². The molecule has 3 rings (SSSR count). The second-order valence-electron chi connectivity index (χ2n) is 4.75. The Bertz CT molecular complexity index is 573. The summed E-state index contributed by atoms with van der Waals surface area (Å²) in [4.78, 5) is 0. The first-order valence-corrected chi connectivity index (χ1v) is 6.78. The molecule has 1 heterocycles. The number of benzene rings is 1. The lowest BCUT2D eigenvalue weighted by atomic mass is 9.93. The smallest absolute Gasteiger partial charge is 0.0616 e. The third kappa shape index (κ3) is 1.72. The third-order valence-electron chi connectivity index (χ3n) is 3.87. The van der Waals surface area contributed by atoms with Crippen molar-refractivity contribution in [1.82, 2.24) is 4.57 Å². The zero-order valence-corrected chi connectivity index (χ0v) is 11.8. The van der Waals surface area contributed by atoms with Crippen LogP contribution >= 0.6 is 15.9 Å². The Kier molecular flexibility index (Phi) is 2.75. The Morgan fingerprint density at radius 3 is 3.00 bits per heavy atom. The highest BCUT2D eigenvalue weighted by atomic mass is 79.9. The molecule has 1 unspecified atom stereocenters. The van der Waals surface area contributed by atoms with Crippen LogP contribution in [0.1, 0.15) is 17.7 Å².